The second-order valence-corrected chi connectivity index (χ2v) is 5.54. The van der Waals surface area contributed by atoms with Crippen molar-refractivity contribution in [3.63, 3.8) is 0 Å². The van der Waals surface area contributed by atoms with Gasteiger partial charge in [-0.1, -0.05) is 0 Å². The van der Waals surface area contributed by atoms with Gasteiger partial charge in [-0.3, -0.25) is 20.3 Å². The Morgan fingerprint density at radius 3 is 2.45 bits per heavy atom. The number of amides is 3. The first-order chi connectivity index (χ1) is 13.7. The number of anilines is 1. The van der Waals surface area contributed by atoms with Crippen LogP contribution in [0.15, 0.2) is 36.4 Å². The number of nitrogens with zero attached hydrogens (tertiary/aromatic N) is 1. The average molecular weight is 410 g/mol. The number of carbonyl (C=O) groups is 2. The predicted octanol–water partition coefficient (Wildman–Crippen LogP) is 2.50. The zero-order valence-electron chi connectivity index (χ0n) is 15.2. The van der Waals surface area contributed by atoms with Gasteiger partial charge in [0.05, 0.1) is 23.8 Å². The molecule has 0 aliphatic rings. The Labute approximate surface area is 162 Å². The lowest BCUT2D eigenvalue weighted by atomic mass is 10.2. The van der Waals surface area contributed by atoms with E-state index in [2.05, 4.69) is 5.32 Å². The molecule has 12 heteroatoms. The lowest BCUT2D eigenvalue weighted by Gasteiger charge is -2.16. The van der Waals surface area contributed by atoms with Gasteiger partial charge in [-0.25, -0.2) is 19.0 Å². The SMILES string of the molecule is COc1cc([N+](=O)[O-])ccc1NC(=O)NNC(=O)[C@@H](C)Oc1ccc(F)cc1F. The first-order valence-corrected chi connectivity index (χ1v) is 8.02. The predicted molar refractivity (Wildman–Crippen MR) is 96.4 cm³/mol. The molecule has 0 radical (unpaired) electrons. The van der Waals surface area contributed by atoms with Crippen LogP contribution in [-0.2, 0) is 4.79 Å². The van der Waals surface area contributed by atoms with Crippen molar-refractivity contribution < 1.29 is 32.8 Å². The summed E-state index contributed by atoms with van der Waals surface area (Å²) in [5, 5.41) is 13.1. The van der Waals surface area contributed by atoms with Gasteiger partial charge in [-0.05, 0) is 25.1 Å². The number of ether oxygens (including phenoxy) is 2. The van der Waals surface area contributed by atoms with E-state index in [0.29, 0.717) is 6.07 Å². The van der Waals surface area contributed by atoms with E-state index in [9.17, 15) is 28.5 Å². The third-order valence-electron chi connectivity index (χ3n) is 3.51. The molecule has 2 rings (SSSR count). The second kappa shape index (κ2) is 9.30. The fourth-order valence-electron chi connectivity index (χ4n) is 2.09. The molecule has 154 valence electrons. The van der Waals surface area contributed by atoms with E-state index in [-0.39, 0.29) is 22.9 Å². The van der Waals surface area contributed by atoms with Crippen molar-refractivity contribution in [2.75, 3.05) is 12.4 Å². The largest absolute Gasteiger partial charge is 0.494 e. The number of hydrogen-bond acceptors (Lipinski definition) is 6. The summed E-state index contributed by atoms with van der Waals surface area (Å²) in [6, 6.07) is 5.23. The third-order valence-corrected chi connectivity index (χ3v) is 3.51. The summed E-state index contributed by atoms with van der Waals surface area (Å²) in [4.78, 5) is 34.0. The lowest BCUT2D eigenvalue weighted by molar-refractivity contribution is -0.384. The van der Waals surface area contributed by atoms with Crippen LogP contribution in [0.4, 0.5) is 25.0 Å². The molecule has 0 bridgehead atoms. The number of hydrogen-bond donors (Lipinski definition) is 3. The van der Waals surface area contributed by atoms with E-state index >= 15 is 0 Å². The minimum atomic E-state index is -1.22. The quantitative estimate of drug-likeness (QED) is 0.495. The molecule has 0 aromatic heterocycles. The summed E-state index contributed by atoms with van der Waals surface area (Å²) >= 11 is 0. The highest BCUT2D eigenvalue weighted by atomic mass is 19.1. The van der Waals surface area contributed by atoms with Crippen LogP contribution in [0.2, 0.25) is 0 Å². The summed E-state index contributed by atoms with van der Waals surface area (Å²) < 4.78 is 36.5. The van der Waals surface area contributed by atoms with Gasteiger partial charge in [0.15, 0.2) is 17.7 Å². The minimum absolute atomic E-state index is 0.0316. The molecular weight excluding hydrogens is 394 g/mol. The van der Waals surface area contributed by atoms with Crippen molar-refractivity contribution >= 4 is 23.3 Å². The van der Waals surface area contributed by atoms with Crippen LogP contribution in [0.3, 0.4) is 0 Å². The first kappa shape index (κ1) is 21.3. The van der Waals surface area contributed by atoms with Crippen LogP contribution in [-0.4, -0.2) is 30.1 Å². The number of carbonyl (C=O) groups excluding carboxylic acids is 2. The summed E-state index contributed by atoms with van der Waals surface area (Å²) in [5.41, 5.74) is 3.96. The first-order valence-electron chi connectivity index (χ1n) is 8.02. The van der Waals surface area contributed by atoms with E-state index in [0.717, 1.165) is 24.3 Å². The molecule has 3 N–H and O–H groups in total. The number of benzene rings is 2. The maximum absolute atomic E-state index is 13.5. The number of methoxy groups -OCH3 is 1. The molecule has 2 aromatic carbocycles. The van der Waals surface area contributed by atoms with E-state index in [1.54, 1.807) is 0 Å². The van der Waals surface area contributed by atoms with Gasteiger partial charge in [0, 0.05) is 12.1 Å². The molecule has 0 aliphatic carbocycles. The highest BCUT2D eigenvalue weighted by Gasteiger charge is 2.18. The molecule has 0 saturated heterocycles. The molecule has 3 amide bonds. The summed E-state index contributed by atoms with van der Waals surface area (Å²) in [6.07, 6.45) is -1.22. The van der Waals surface area contributed by atoms with Crippen LogP contribution in [0.25, 0.3) is 0 Å². The third kappa shape index (κ3) is 5.76. The van der Waals surface area contributed by atoms with Gasteiger partial charge >= 0.3 is 6.03 Å². The number of nitro benzene ring substituents is 1. The molecule has 0 saturated carbocycles. The van der Waals surface area contributed by atoms with Crippen LogP contribution >= 0.6 is 0 Å². The van der Waals surface area contributed by atoms with Gasteiger partial charge in [-0.15, -0.1) is 0 Å². The van der Waals surface area contributed by atoms with Crippen LogP contribution in [0, 0.1) is 21.7 Å². The van der Waals surface area contributed by atoms with Crippen LogP contribution < -0.4 is 25.6 Å². The number of hydrazine groups is 1. The molecule has 2 aromatic rings. The topological polar surface area (TPSA) is 132 Å². The number of non-ortho nitro benzene ring substituents is 1. The van der Waals surface area contributed by atoms with E-state index < -0.39 is 34.6 Å². The molecule has 0 fully saturated rings. The Kier molecular flexibility index (Phi) is 6.85. The number of rotatable bonds is 6. The van der Waals surface area contributed by atoms with Crippen molar-refractivity contribution in [1.29, 1.82) is 0 Å². The normalized spacial score (nSPS) is 11.2. The Morgan fingerprint density at radius 2 is 1.83 bits per heavy atom. The Bertz CT molecular complexity index is 940. The second-order valence-electron chi connectivity index (χ2n) is 5.54. The van der Waals surface area contributed by atoms with Gasteiger partial charge in [0.1, 0.15) is 11.6 Å². The van der Waals surface area contributed by atoms with Crippen molar-refractivity contribution in [2.24, 2.45) is 0 Å². The number of nitro groups is 1. The summed E-state index contributed by atoms with van der Waals surface area (Å²) in [7, 11) is 1.26. The average Bonchev–Trinajstić information content (AvgIpc) is 2.68. The van der Waals surface area contributed by atoms with Gasteiger partial charge < -0.3 is 14.8 Å². The van der Waals surface area contributed by atoms with Gasteiger partial charge in [0.25, 0.3) is 11.6 Å². The van der Waals surface area contributed by atoms with Crippen molar-refractivity contribution in [3.8, 4) is 11.5 Å². The van der Waals surface area contributed by atoms with Gasteiger partial charge in [-0.2, -0.15) is 0 Å². The summed E-state index contributed by atoms with van der Waals surface area (Å²) in [5.74, 6) is -2.91. The Morgan fingerprint density at radius 1 is 1.10 bits per heavy atom. The molecule has 1 atom stereocenters. The van der Waals surface area contributed by atoms with E-state index in [1.807, 2.05) is 10.9 Å². The zero-order valence-corrected chi connectivity index (χ0v) is 15.2. The van der Waals surface area contributed by atoms with E-state index in [1.165, 1.54) is 20.1 Å². The Hall–Kier alpha value is -3.96. The zero-order chi connectivity index (χ0) is 21.6. The highest BCUT2D eigenvalue weighted by molar-refractivity contribution is 5.93. The number of urea groups is 1. The molecule has 0 spiro atoms. The minimum Gasteiger partial charge on any atom is -0.494 e. The number of nitrogens with one attached hydrogen (secondary N) is 3. The fourth-order valence-corrected chi connectivity index (χ4v) is 2.09. The molecule has 10 nitrogen and oxygen atoms in total. The monoisotopic (exact) mass is 410 g/mol. The summed E-state index contributed by atoms with van der Waals surface area (Å²) in [6.45, 7) is 1.29. The van der Waals surface area contributed by atoms with Crippen LogP contribution in [0.1, 0.15) is 6.92 Å². The molecule has 0 unspecified atom stereocenters. The highest BCUT2D eigenvalue weighted by Crippen LogP contribution is 2.28. The van der Waals surface area contributed by atoms with Gasteiger partial charge in [0.2, 0.25) is 0 Å². The van der Waals surface area contributed by atoms with Crippen LogP contribution in [0.5, 0.6) is 11.5 Å². The molecule has 0 heterocycles. The lowest BCUT2D eigenvalue weighted by Crippen LogP contribution is -2.48. The van der Waals surface area contributed by atoms with Crippen molar-refractivity contribution in [2.45, 2.75) is 13.0 Å². The van der Waals surface area contributed by atoms with E-state index in [4.69, 9.17) is 9.47 Å². The fraction of sp³-hybridized carbons (Fsp3) is 0.176. The molecule has 29 heavy (non-hydrogen) atoms. The van der Waals surface area contributed by atoms with Crippen molar-refractivity contribution in [3.05, 3.63) is 58.1 Å². The number of halogens is 2. The van der Waals surface area contributed by atoms with Crippen molar-refractivity contribution in [1.82, 2.24) is 10.9 Å². The molecular formula is C17H16F2N4O6. The maximum Gasteiger partial charge on any atom is 0.338 e. The smallest absolute Gasteiger partial charge is 0.338 e. The Balaban J connectivity index is 1.91. The molecule has 0 aliphatic heterocycles. The maximum atomic E-state index is 13.5. The standard InChI is InChI=1S/C17H16F2N4O6/c1-9(29-14-6-3-10(18)7-12(14)19)16(24)21-22-17(25)20-13-5-4-11(23(26)27)8-15(13)28-2/h3-9H,1-2H3,(H,21,24)(H2,20,22,25)/t9-/m1/s1.